The molecule has 2 heteroatoms. The van der Waals surface area contributed by atoms with Crippen LogP contribution in [-0.4, -0.2) is 11.7 Å². The van der Waals surface area contributed by atoms with E-state index in [4.69, 9.17) is 0 Å². The largest absolute Gasteiger partial charge is 0.228 e. The van der Waals surface area contributed by atoms with E-state index in [1.165, 1.54) is 32.1 Å². The third-order valence-corrected chi connectivity index (χ3v) is 2.16. The smallest absolute Gasteiger partial charge is 0.0676 e. The van der Waals surface area contributed by atoms with Crippen LogP contribution in [0.15, 0.2) is 16.6 Å². The highest BCUT2D eigenvalue weighted by molar-refractivity contribution is 7.78. The van der Waals surface area contributed by atoms with E-state index in [0.717, 1.165) is 6.54 Å². The van der Waals surface area contributed by atoms with Crippen molar-refractivity contribution in [2.24, 2.45) is 4.99 Å². The third-order valence-electron chi connectivity index (χ3n) is 2.03. The quantitative estimate of drug-likeness (QED) is 0.350. The Morgan fingerprint density at radius 1 is 1.36 bits per heavy atom. The molecule has 0 bridgehead atoms. The van der Waals surface area contributed by atoms with Gasteiger partial charge in [-0.15, -0.1) is 0 Å². The van der Waals surface area contributed by atoms with E-state index in [1.807, 2.05) is 0 Å². The normalized spacial score (nSPS) is 17.3. The summed E-state index contributed by atoms with van der Waals surface area (Å²) in [6.07, 6.45) is 8.84. The lowest BCUT2D eigenvalue weighted by atomic mass is 9.95. The Morgan fingerprint density at radius 2 is 2.09 bits per heavy atom. The van der Waals surface area contributed by atoms with E-state index in [1.54, 1.807) is 5.57 Å². The van der Waals surface area contributed by atoms with Crippen molar-refractivity contribution in [3.05, 3.63) is 11.6 Å². The minimum atomic E-state index is 0.735. The Hall–Kier alpha value is -0.460. The van der Waals surface area contributed by atoms with Crippen LogP contribution in [0.5, 0.6) is 0 Å². The molecule has 0 aromatic heterocycles. The first-order valence-electron chi connectivity index (χ1n) is 4.15. The van der Waals surface area contributed by atoms with Gasteiger partial charge in [-0.1, -0.05) is 18.1 Å². The summed E-state index contributed by atoms with van der Waals surface area (Å²) in [5.41, 5.74) is 1.56. The topological polar surface area (TPSA) is 12.4 Å². The highest BCUT2D eigenvalue weighted by atomic mass is 32.1. The van der Waals surface area contributed by atoms with Crippen molar-refractivity contribution >= 4 is 17.4 Å². The zero-order valence-electron chi connectivity index (χ0n) is 6.68. The molecule has 0 aromatic rings. The van der Waals surface area contributed by atoms with Gasteiger partial charge in [-0.05, 0) is 37.9 Å². The zero-order valence-corrected chi connectivity index (χ0v) is 7.49. The number of rotatable bonds is 2. The molecule has 0 spiro atoms. The fourth-order valence-corrected chi connectivity index (χ4v) is 1.50. The molecule has 0 N–H and O–H groups in total. The van der Waals surface area contributed by atoms with E-state index < -0.39 is 0 Å². The van der Waals surface area contributed by atoms with Crippen molar-refractivity contribution in [1.82, 2.24) is 0 Å². The molecular formula is C9H13NS. The van der Waals surface area contributed by atoms with Crippen LogP contribution in [0.25, 0.3) is 0 Å². The predicted octanol–water partition coefficient (Wildman–Crippen LogP) is 2.98. The number of isothiocyanates is 1. The molecule has 0 heterocycles. The molecule has 0 atom stereocenters. The molecule has 1 saturated carbocycles. The van der Waals surface area contributed by atoms with Gasteiger partial charge in [-0.25, -0.2) is 4.99 Å². The van der Waals surface area contributed by atoms with Gasteiger partial charge in [-0.2, -0.15) is 0 Å². The van der Waals surface area contributed by atoms with Gasteiger partial charge >= 0.3 is 0 Å². The monoisotopic (exact) mass is 167 g/mol. The fraction of sp³-hybridized carbons (Fsp3) is 0.667. The molecule has 0 aromatic carbocycles. The molecule has 0 radical (unpaired) electrons. The molecular weight excluding hydrogens is 154 g/mol. The maximum atomic E-state index is 4.47. The summed E-state index contributed by atoms with van der Waals surface area (Å²) in [4.78, 5) is 3.85. The third kappa shape index (κ3) is 3.45. The van der Waals surface area contributed by atoms with Crippen molar-refractivity contribution in [3.63, 3.8) is 0 Å². The van der Waals surface area contributed by atoms with Crippen LogP contribution in [0.1, 0.15) is 32.1 Å². The Morgan fingerprint density at radius 3 is 2.73 bits per heavy atom. The van der Waals surface area contributed by atoms with Crippen molar-refractivity contribution in [2.75, 3.05) is 6.54 Å². The molecule has 0 aliphatic heterocycles. The van der Waals surface area contributed by atoms with Crippen LogP contribution in [0, 0.1) is 0 Å². The number of aliphatic imine (C=N–C) groups is 1. The Bertz CT molecular complexity index is 182. The second kappa shape index (κ2) is 5.22. The second-order valence-corrected chi connectivity index (χ2v) is 3.04. The first-order chi connectivity index (χ1) is 5.43. The van der Waals surface area contributed by atoms with Crippen LogP contribution in [0.4, 0.5) is 0 Å². The van der Waals surface area contributed by atoms with Crippen LogP contribution in [0.3, 0.4) is 0 Å². The van der Waals surface area contributed by atoms with Gasteiger partial charge in [0.25, 0.3) is 0 Å². The summed E-state index contributed by atoms with van der Waals surface area (Å²) in [5, 5.41) is 2.37. The van der Waals surface area contributed by atoms with Crippen molar-refractivity contribution in [3.8, 4) is 0 Å². The van der Waals surface area contributed by atoms with Crippen molar-refractivity contribution < 1.29 is 0 Å². The fourth-order valence-electron chi connectivity index (χ4n) is 1.42. The van der Waals surface area contributed by atoms with E-state index in [-0.39, 0.29) is 0 Å². The number of allylic oxidation sites excluding steroid dienone is 1. The van der Waals surface area contributed by atoms with E-state index in [9.17, 15) is 0 Å². The maximum Gasteiger partial charge on any atom is 0.0676 e. The molecule has 1 aliphatic carbocycles. The van der Waals surface area contributed by atoms with E-state index >= 15 is 0 Å². The summed E-state index contributed by atoms with van der Waals surface area (Å²) in [5.74, 6) is 0. The highest BCUT2D eigenvalue weighted by Crippen LogP contribution is 2.22. The molecule has 1 aliphatic rings. The molecule has 0 saturated heterocycles. The standard InChI is InChI=1S/C9H13NS/c11-8-10-7-6-9-4-2-1-3-5-9/h6H,1-5,7H2. The first-order valence-corrected chi connectivity index (χ1v) is 4.56. The molecule has 60 valence electrons. The van der Waals surface area contributed by atoms with Crippen molar-refractivity contribution in [1.29, 1.82) is 0 Å². The van der Waals surface area contributed by atoms with Crippen LogP contribution < -0.4 is 0 Å². The van der Waals surface area contributed by atoms with Crippen LogP contribution in [0.2, 0.25) is 0 Å². The van der Waals surface area contributed by atoms with Crippen molar-refractivity contribution in [2.45, 2.75) is 32.1 Å². The number of nitrogens with zero attached hydrogens (tertiary/aromatic N) is 1. The lowest BCUT2D eigenvalue weighted by Gasteiger charge is -2.12. The summed E-state index contributed by atoms with van der Waals surface area (Å²) in [7, 11) is 0. The lowest BCUT2D eigenvalue weighted by molar-refractivity contribution is 0.597. The average Bonchev–Trinajstić information content (AvgIpc) is 2.07. The SMILES string of the molecule is S=C=NCC=C1CCCCC1. The van der Waals surface area contributed by atoms with Gasteiger partial charge in [0.1, 0.15) is 0 Å². The van der Waals surface area contributed by atoms with Gasteiger partial charge in [-0.3, -0.25) is 0 Å². The van der Waals surface area contributed by atoms with Gasteiger partial charge in [0.2, 0.25) is 0 Å². The minimum Gasteiger partial charge on any atom is -0.228 e. The molecule has 11 heavy (non-hydrogen) atoms. The molecule has 1 fully saturated rings. The van der Waals surface area contributed by atoms with E-state index in [0.29, 0.717) is 0 Å². The lowest BCUT2D eigenvalue weighted by Crippen LogP contribution is -1.93. The van der Waals surface area contributed by atoms with Crippen LogP contribution >= 0.6 is 12.2 Å². The Kier molecular flexibility index (Phi) is 4.10. The Labute approximate surface area is 73.2 Å². The predicted molar refractivity (Wildman–Crippen MR) is 51.1 cm³/mol. The summed E-state index contributed by atoms with van der Waals surface area (Å²) >= 11 is 4.47. The number of hydrogen-bond acceptors (Lipinski definition) is 2. The maximum absolute atomic E-state index is 4.47. The highest BCUT2D eigenvalue weighted by Gasteiger charge is 2.03. The number of thiocarbonyl (C=S) groups is 1. The number of hydrogen-bond donors (Lipinski definition) is 0. The molecule has 0 unspecified atom stereocenters. The molecule has 1 nitrogen and oxygen atoms in total. The van der Waals surface area contributed by atoms with E-state index in [2.05, 4.69) is 28.4 Å². The summed E-state index contributed by atoms with van der Waals surface area (Å²) < 4.78 is 0. The van der Waals surface area contributed by atoms with Gasteiger partial charge in [0.15, 0.2) is 0 Å². The second-order valence-electron chi connectivity index (χ2n) is 2.86. The molecule has 1 rings (SSSR count). The van der Waals surface area contributed by atoms with Gasteiger partial charge < -0.3 is 0 Å². The summed E-state index contributed by atoms with van der Waals surface area (Å²) in [6, 6.07) is 0. The van der Waals surface area contributed by atoms with Gasteiger partial charge in [0, 0.05) is 0 Å². The van der Waals surface area contributed by atoms with Gasteiger partial charge in [0.05, 0.1) is 11.7 Å². The molecule has 0 amide bonds. The summed E-state index contributed by atoms with van der Waals surface area (Å²) in [6.45, 7) is 0.735. The minimum absolute atomic E-state index is 0.735. The zero-order chi connectivity index (χ0) is 7.94. The average molecular weight is 167 g/mol. The Balaban J connectivity index is 2.31. The first kappa shape index (κ1) is 8.63. The van der Waals surface area contributed by atoms with Crippen LogP contribution in [-0.2, 0) is 0 Å².